The molecule has 1 heterocycles. The zero-order valence-electron chi connectivity index (χ0n) is 6.30. The Bertz CT molecular complexity index is 161. The van der Waals surface area contributed by atoms with Crippen LogP contribution in [-0.2, 0) is 9.47 Å². The summed E-state index contributed by atoms with van der Waals surface area (Å²) < 4.78 is 10.1. The predicted molar refractivity (Wildman–Crippen MR) is 35.7 cm³/mol. The highest BCUT2D eigenvalue weighted by atomic mass is 16.7. The van der Waals surface area contributed by atoms with Crippen molar-refractivity contribution in [1.82, 2.24) is 0 Å². The molecule has 0 aromatic carbocycles. The highest BCUT2D eigenvalue weighted by Gasteiger charge is 2.63. The van der Waals surface area contributed by atoms with Crippen molar-refractivity contribution >= 4 is 0 Å². The van der Waals surface area contributed by atoms with Gasteiger partial charge < -0.3 is 19.7 Å². The first-order valence-corrected chi connectivity index (χ1v) is 3.76. The molecule has 11 heavy (non-hydrogen) atoms. The SMILES string of the molecule is CO[C@@H]1O[C@@H]2[C@H](CO)[C@@H]2[C@@H]1O. The van der Waals surface area contributed by atoms with Crippen LogP contribution in [0.4, 0.5) is 0 Å². The molecule has 5 atom stereocenters. The number of aliphatic hydroxyl groups is 2. The molecule has 0 unspecified atom stereocenters. The quantitative estimate of drug-likeness (QED) is 0.541. The molecule has 0 amide bonds. The Morgan fingerprint density at radius 3 is 2.64 bits per heavy atom. The highest BCUT2D eigenvalue weighted by Crippen LogP contribution is 2.51. The molecule has 4 heteroatoms. The molecule has 1 saturated heterocycles. The number of fused-ring (bicyclic) bond motifs is 1. The standard InChI is InChI=1S/C7H12O4/c1-10-7-5(9)4-3(2-8)6(4)11-7/h3-9H,2H2,1H3/t3-,4-,5+,6-,7-/m1/s1. The van der Waals surface area contributed by atoms with Gasteiger partial charge in [-0.3, -0.25) is 0 Å². The lowest BCUT2D eigenvalue weighted by atomic mass is 10.2. The largest absolute Gasteiger partial charge is 0.396 e. The molecule has 1 aliphatic carbocycles. The van der Waals surface area contributed by atoms with Gasteiger partial charge in [0.2, 0.25) is 0 Å². The van der Waals surface area contributed by atoms with E-state index in [-0.39, 0.29) is 24.5 Å². The van der Waals surface area contributed by atoms with Crippen LogP contribution in [0.3, 0.4) is 0 Å². The average Bonchev–Trinajstić information content (AvgIpc) is 2.63. The zero-order valence-corrected chi connectivity index (χ0v) is 6.30. The van der Waals surface area contributed by atoms with Gasteiger partial charge in [0.15, 0.2) is 6.29 Å². The molecule has 0 radical (unpaired) electrons. The average molecular weight is 160 g/mol. The molecule has 1 saturated carbocycles. The van der Waals surface area contributed by atoms with E-state index in [0.29, 0.717) is 0 Å². The highest BCUT2D eigenvalue weighted by molar-refractivity contribution is 5.07. The van der Waals surface area contributed by atoms with E-state index in [0.717, 1.165) is 0 Å². The first-order valence-electron chi connectivity index (χ1n) is 3.76. The predicted octanol–water partition coefficient (Wildman–Crippen LogP) is -1.04. The van der Waals surface area contributed by atoms with Gasteiger partial charge in [0, 0.05) is 25.6 Å². The smallest absolute Gasteiger partial charge is 0.183 e. The first-order chi connectivity index (χ1) is 5.29. The van der Waals surface area contributed by atoms with Gasteiger partial charge >= 0.3 is 0 Å². The molecule has 1 aliphatic heterocycles. The van der Waals surface area contributed by atoms with Crippen LogP contribution in [-0.4, -0.2) is 42.4 Å². The fraction of sp³-hybridized carbons (Fsp3) is 1.00. The van der Waals surface area contributed by atoms with Crippen molar-refractivity contribution in [3.8, 4) is 0 Å². The number of aliphatic hydroxyl groups excluding tert-OH is 2. The summed E-state index contributed by atoms with van der Waals surface area (Å²) in [5.74, 6) is 0.237. The lowest BCUT2D eigenvalue weighted by Crippen LogP contribution is -2.29. The Kier molecular flexibility index (Phi) is 1.64. The third kappa shape index (κ3) is 0.906. The van der Waals surface area contributed by atoms with Crippen molar-refractivity contribution in [2.24, 2.45) is 11.8 Å². The summed E-state index contributed by atoms with van der Waals surface area (Å²) in [6, 6.07) is 0. The van der Waals surface area contributed by atoms with Crippen LogP contribution in [0, 0.1) is 11.8 Å². The van der Waals surface area contributed by atoms with E-state index in [2.05, 4.69) is 0 Å². The number of hydrogen-bond donors (Lipinski definition) is 2. The van der Waals surface area contributed by atoms with Gasteiger partial charge in [0.05, 0.1) is 6.10 Å². The number of hydrogen-bond acceptors (Lipinski definition) is 4. The van der Waals surface area contributed by atoms with Gasteiger partial charge in [0.1, 0.15) is 6.10 Å². The number of ether oxygens (including phenoxy) is 2. The van der Waals surface area contributed by atoms with E-state index >= 15 is 0 Å². The summed E-state index contributed by atoms with van der Waals surface area (Å²) in [6.07, 6.45) is -1.00. The summed E-state index contributed by atoms with van der Waals surface area (Å²) in [5, 5.41) is 18.2. The fourth-order valence-corrected chi connectivity index (χ4v) is 1.84. The van der Waals surface area contributed by atoms with Crippen molar-refractivity contribution in [1.29, 1.82) is 0 Å². The van der Waals surface area contributed by atoms with Crippen LogP contribution in [0.15, 0.2) is 0 Å². The third-order valence-electron chi connectivity index (χ3n) is 2.56. The number of methoxy groups -OCH3 is 1. The molecule has 2 rings (SSSR count). The minimum absolute atomic E-state index is 0.0277. The lowest BCUT2D eigenvalue weighted by Gasteiger charge is -2.16. The van der Waals surface area contributed by atoms with E-state index in [1.54, 1.807) is 0 Å². The topological polar surface area (TPSA) is 58.9 Å². The molecule has 0 aromatic rings. The summed E-state index contributed by atoms with van der Waals surface area (Å²) in [7, 11) is 1.51. The Balaban J connectivity index is 1.95. The van der Waals surface area contributed by atoms with Gasteiger partial charge in [-0.05, 0) is 0 Å². The molecular weight excluding hydrogens is 148 g/mol. The normalized spacial score (nSPS) is 54.3. The van der Waals surface area contributed by atoms with Gasteiger partial charge in [-0.1, -0.05) is 0 Å². The van der Waals surface area contributed by atoms with E-state index in [9.17, 15) is 5.11 Å². The summed E-state index contributed by atoms with van der Waals surface area (Å²) in [6.45, 7) is 0.100. The van der Waals surface area contributed by atoms with Gasteiger partial charge in [-0.15, -0.1) is 0 Å². The van der Waals surface area contributed by atoms with Crippen LogP contribution in [0.2, 0.25) is 0 Å². The molecule has 64 valence electrons. The molecule has 0 aromatic heterocycles. The van der Waals surface area contributed by atoms with Gasteiger partial charge in [0.25, 0.3) is 0 Å². The van der Waals surface area contributed by atoms with Crippen LogP contribution in [0.1, 0.15) is 0 Å². The lowest BCUT2D eigenvalue weighted by molar-refractivity contribution is -0.161. The minimum atomic E-state index is -0.554. The summed E-state index contributed by atoms with van der Waals surface area (Å²) in [5.41, 5.74) is 0. The maximum absolute atomic E-state index is 9.44. The van der Waals surface area contributed by atoms with Crippen molar-refractivity contribution in [3.63, 3.8) is 0 Å². The summed E-state index contributed by atoms with van der Waals surface area (Å²) >= 11 is 0. The second kappa shape index (κ2) is 2.42. The Hall–Kier alpha value is -0.160. The molecule has 4 nitrogen and oxygen atoms in total. The minimum Gasteiger partial charge on any atom is -0.396 e. The van der Waals surface area contributed by atoms with E-state index in [4.69, 9.17) is 14.6 Å². The monoisotopic (exact) mass is 160 g/mol. The van der Waals surface area contributed by atoms with E-state index < -0.39 is 12.4 Å². The van der Waals surface area contributed by atoms with Crippen LogP contribution in [0.5, 0.6) is 0 Å². The molecule has 2 fully saturated rings. The first kappa shape index (κ1) is 7.49. The van der Waals surface area contributed by atoms with Crippen molar-refractivity contribution in [3.05, 3.63) is 0 Å². The second-order valence-electron chi connectivity index (χ2n) is 3.12. The van der Waals surface area contributed by atoms with Crippen molar-refractivity contribution in [2.45, 2.75) is 18.5 Å². The Labute approximate surface area is 64.7 Å². The fourth-order valence-electron chi connectivity index (χ4n) is 1.84. The molecule has 2 aliphatic rings. The maximum atomic E-state index is 9.44. The van der Waals surface area contributed by atoms with Gasteiger partial charge in [-0.25, -0.2) is 0 Å². The van der Waals surface area contributed by atoms with Crippen LogP contribution >= 0.6 is 0 Å². The van der Waals surface area contributed by atoms with Crippen LogP contribution in [0.25, 0.3) is 0 Å². The van der Waals surface area contributed by atoms with Crippen molar-refractivity contribution < 1.29 is 19.7 Å². The molecular formula is C7H12O4. The van der Waals surface area contributed by atoms with Crippen LogP contribution < -0.4 is 0 Å². The number of rotatable bonds is 2. The molecule has 0 bridgehead atoms. The van der Waals surface area contributed by atoms with E-state index in [1.807, 2.05) is 0 Å². The maximum Gasteiger partial charge on any atom is 0.183 e. The molecule has 0 spiro atoms. The summed E-state index contributed by atoms with van der Waals surface area (Å²) in [4.78, 5) is 0. The van der Waals surface area contributed by atoms with Crippen molar-refractivity contribution in [2.75, 3.05) is 13.7 Å². The zero-order chi connectivity index (χ0) is 8.01. The third-order valence-corrected chi connectivity index (χ3v) is 2.56. The molecule has 2 N–H and O–H groups in total. The Morgan fingerprint density at radius 2 is 2.27 bits per heavy atom. The second-order valence-corrected chi connectivity index (χ2v) is 3.12. The Morgan fingerprint density at radius 1 is 1.55 bits per heavy atom. The van der Waals surface area contributed by atoms with E-state index in [1.165, 1.54) is 7.11 Å². The van der Waals surface area contributed by atoms with Gasteiger partial charge in [-0.2, -0.15) is 0 Å².